The van der Waals surface area contributed by atoms with E-state index < -0.39 is 30.4 Å². The molecule has 0 aliphatic carbocycles. The number of ether oxygens (including phenoxy) is 2. The van der Waals surface area contributed by atoms with Crippen LogP contribution in [-0.2, 0) is 4.74 Å². The standard InChI is InChI=1S/C19H20O8/c20-12-5-2-10(3-6-12)1-4-11-7-13(21)8-14(22)18(11)27-19-17(25)16(24)15(23)9-26-19/h1-8,15-17,19-25H,9H2/t15-,16+,17-,19+/m1/s1. The molecule has 27 heavy (non-hydrogen) atoms. The molecule has 1 fully saturated rings. The molecule has 2 aromatic rings. The quantitative estimate of drug-likeness (QED) is 0.431. The minimum atomic E-state index is -1.53. The number of aromatic hydroxyl groups is 3. The highest BCUT2D eigenvalue weighted by atomic mass is 16.7. The molecule has 8 nitrogen and oxygen atoms in total. The third-order valence-corrected chi connectivity index (χ3v) is 4.12. The maximum atomic E-state index is 10.1. The number of benzene rings is 2. The fraction of sp³-hybridized carbons (Fsp3) is 0.263. The van der Waals surface area contributed by atoms with Gasteiger partial charge >= 0.3 is 0 Å². The van der Waals surface area contributed by atoms with E-state index in [9.17, 15) is 30.6 Å². The molecule has 1 heterocycles. The van der Waals surface area contributed by atoms with Gasteiger partial charge in [-0.15, -0.1) is 0 Å². The first-order chi connectivity index (χ1) is 12.8. The summed E-state index contributed by atoms with van der Waals surface area (Å²) in [7, 11) is 0. The van der Waals surface area contributed by atoms with Crippen LogP contribution in [0.5, 0.6) is 23.0 Å². The fourth-order valence-corrected chi connectivity index (χ4v) is 2.64. The van der Waals surface area contributed by atoms with Gasteiger partial charge in [-0.2, -0.15) is 0 Å². The summed E-state index contributed by atoms with van der Waals surface area (Å²) in [6.07, 6.45) is -2.34. The van der Waals surface area contributed by atoms with E-state index >= 15 is 0 Å². The van der Waals surface area contributed by atoms with Crippen LogP contribution in [0.15, 0.2) is 36.4 Å². The molecule has 2 aromatic carbocycles. The lowest BCUT2D eigenvalue weighted by Crippen LogP contribution is -2.54. The first kappa shape index (κ1) is 19.0. The first-order valence-electron chi connectivity index (χ1n) is 8.20. The van der Waals surface area contributed by atoms with Gasteiger partial charge in [-0.05, 0) is 23.8 Å². The van der Waals surface area contributed by atoms with Crippen molar-refractivity contribution < 1.29 is 40.1 Å². The third-order valence-electron chi connectivity index (χ3n) is 4.12. The molecule has 0 spiro atoms. The van der Waals surface area contributed by atoms with E-state index in [1.54, 1.807) is 24.3 Å². The fourth-order valence-electron chi connectivity index (χ4n) is 2.64. The van der Waals surface area contributed by atoms with Crippen molar-refractivity contribution in [2.24, 2.45) is 0 Å². The van der Waals surface area contributed by atoms with E-state index in [1.807, 2.05) is 0 Å². The highest BCUT2D eigenvalue weighted by Gasteiger charge is 2.39. The van der Waals surface area contributed by atoms with E-state index in [-0.39, 0.29) is 29.4 Å². The molecule has 0 unspecified atom stereocenters. The van der Waals surface area contributed by atoms with Crippen molar-refractivity contribution in [1.29, 1.82) is 0 Å². The van der Waals surface area contributed by atoms with Gasteiger partial charge in [0.25, 0.3) is 0 Å². The molecule has 1 aliphatic heterocycles. The summed E-state index contributed by atoms with van der Waals surface area (Å²) in [6.45, 7) is -0.250. The number of aliphatic hydroxyl groups is 3. The van der Waals surface area contributed by atoms with Crippen molar-refractivity contribution in [3.05, 3.63) is 47.5 Å². The smallest absolute Gasteiger partial charge is 0.229 e. The number of hydrogen-bond donors (Lipinski definition) is 6. The van der Waals surface area contributed by atoms with Crippen molar-refractivity contribution in [1.82, 2.24) is 0 Å². The SMILES string of the molecule is Oc1ccc(C=Cc2cc(O)cc(O)c2O[C@@H]2OC[C@@H](O)[C@H](O)[C@H]2O)cc1. The number of rotatable bonds is 4. The Morgan fingerprint density at radius 1 is 0.889 bits per heavy atom. The number of hydrogen-bond acceptors (Lipinski definition) is 8. The van der Waals surface area contributed by atoms with Crippen molar-refractivity contribution >= 4 is 12.2 Å². The molecule has 0 aromatic heterocycles. The molecular formula is C19H20O8. The van der Waals surface area contributed by atoms with Crippen LogP contribution in [0.1, 0.15) is 11.1 Å². The van der Waals surface area contributed by atoms with Crippen LogP contribution in [0.3, 0.4) is 0 Å². The molecular weight excluding hydrogens is 356 g/mol. The van der Waals surface area contributed by atoms with Gasteiger partial charge in [0, 0.05) is 11.6 Å². The summed E-state index contributed by atoms with van der Waals surface area (Å²) in [5.41, 5.74) is 1.03. The zero-order valence-electron chi connectivity index (χ0n) is 14.1. The molecule has 1 saturated heterocycles. The topological polar surface area (TPSA) is 140 Å². The lowest BCUT2D eigenvalue weighted by atomic mass is 10.1. The maximum absolute atomic E-state index is 10.1. The molecule has 3 rings (SSSR count). The van der Waals surface area contributed by atoms with E-state index in [2.05, 4.69) is 0 Å². The van der Waals surface area contributed by atoms with Gasteiger partial charge < -0.3 is 40.1 Å². The molecule has 0 saturated carbocycles. The van der Waals surface area contributed by atoms with Crippen molar-refractivity contribution in [2.45, 2.75) is 24.6 Å². The van der Waals surface area contributed by atoms with Crippen LogP contribution < -0.4 is 4.74 Å². The summed E-state index contributed by atoms with van der Waals surface area (Å²) in [4.78, 5) is 0. The Hall–Kier alpha value is -2.78. The predicted molar refractivity (Wildman–Crippen MR) is 95.2 cm³/mol. The summed E-state index contributed by atoms with van der Waals surface area (Å²) in [5.74, 6) is -0.548. The first-order valence-corrected chi connectivity index (χ1v) is 8.20. The van der Waals surface area contributed by atoms with E-state index in [0.717, 1.165) is 11.6 Å². The van der Waals surface area contributed by atoms with Gasteiger partial charge in [0.2, 0.25) is 6.29 Å². The van der Waals surface area contributed by atoms with Gasteiger partial charge in [0.15, 0.2) is 11.5 Å². The molecule has 0 bridgehead atoms. The van der Waals surface area contributed by atoms with Gasteiger partial charge in [0.1, 0.15) is 29.8 Å². The van der Waals surface area contributed by atoms with E-state index in [1.165, 1.54) is 18.2 Å². The molecule has 6 N–H and O–H groups in total. The lowest BCUT2D eigenvalue weighted by molar-refractivity contribution is -0.242. The molecule has 1 aliphatic rings. The minimum Gasteiger partial charge on any atom is -0.508 e. The van der Waals surface area contributed by atoms with Crippen molar-refractivity contribution in [2.75, 3.05) is 6.61 Å². The summed E-state index contributed by atoms with van der Waals surface area (Å²) in [5, 5.41) is 58.5. The van der Waals surface area contributed by atoms with Gasteiger partial charge in [-0.1, -0.05) is 24.3 Å². The van der Waals surface area contributed by atoms with Crippen LogP contribution in [0.4, 0.5) is 0 Å². The minimum absolute atomic E-state index is 0.0736. The Kier molecular flexibility index (Phi) is 5.52. The molecule has 0 amide bonds. The zero-order chi connectivity index (χ0) is 19.6. The Morgan fingerprint density at radius 3 is 2.30 bits per heavy atom. The van der Waals surface area contributed by atoms with Crippen LogP contribution in [0.25, 0.3) is 12.2 Å². The van der Waals surface area contributed by atoms with Gasteiger partial charge in [-0.25, -0.2) is 0 Å². The highest BCUT2D eigenvalue weighted by Crippen LogP contribution is 2.37. The maximum Gasteiger partial charge on any atom is 0.229 e. The van der Waals surface area contributed by atoms with Crippen LogP contribution in [0, 0.1) is 0 Å². The average Bonchev–Trinajstić information content (AvgIpc) is 2.63. The van der Waals surface area contributed by atoms with Crippen LogP contribution >= 0.6 is 0 Å². The van der Waals surface area contributed by atoms with Gasteiger partial charge in [0.05, 0.1) is 6.61 Å². The Balaban J connectivity index is 1.87. The number of aliphatic hydroxyl groups excluding tert-OH is 3. The van der Waals surface area contributed by atoms with E-state index in [4.69, 9.17) is 9.47 Å². The number of phenolic OH excluding ortho intramolecular Hbond substituents is 3. The lowest BCUT2D eigenvalue weighted by Gasteiger charge is -2.35. The van der Waals surface area contributed by atoms with E-state index in [0.29, 0.717) is 0 Å². The van der Waals surface area contributed by atoms with Crippen LogP contribution in [0.2, 0.25) is 0 Å². The Morgan fingerprint density at radius 2 is 1.59 bits per heavy atom. The van der Waals surface area contributed by atoms with Crippen molar-refractivity contribution in [3.8, 4) is 23.0 Å². The summed E-state index contributed by atoms with van der Waals surface area (Å²) in [6, 6.07) is 8.76. The predicted octanol–water partition coefficient (Wildman–Crippen LogP) is 0.792. The molecule has 8 heteroatoms. The third kappa shape index (κ3) is 4.32. The summed E-state index contributed by atoms with van der Waals surface area (Å²) < 4.78 is 10.7. The summed E-state index contributed by atoms with van der Waals surface area (Å²) >= 11 is 0. The largest absolute Gasteiger partial charge is 0.508 e. The number of phenols is 3. The Labute approximate surface area is 154 Å². The van der Waals surface area contributed by atoms with Crippen molar-refractivity contribution in [3.63, 3.8) is 0 Å². The monoisotopic (exact) mass is 376 g/mol. The molecule has 144 valence electrons. The zero-order valence-corrected chi connectivity index (χ0v) is 14.1. The normalized spacial score (nSPS) is 25.6. The molecule has 0 radical (unpaired) electrons. The second kappa shape index (κ2) is 7.85. The van der Waals surface area contributed by atoms with Gasteiger partial charge in [-0.3, -0.25) is 0 Å². The second-order valence-corrected chi connectivity index (χ2v) is 6.18. The Bertz CT molecular complexity index is 817. The average molecular weight is 376 g/mol. The highest BCUT2D eigenvalue weighted by molar-refractivity contribution is 5.75. The second-order valence-electron chi connectivity index (χ2n) is 6.18. The van der Waals surface area contributed by atoms with Crippen LogP contribution in [-0.4, -0.2) is 61.8 Å². The molecule has 4 atom stereocenters.